The van der Waals surface area contributed by atoms with E-state index in [4.69, 9.17) is 0 Å². The lowest BCUT2D eigenvalue weighted by Gasteiger charge is -2.22. The van der Waals surface area contributed by atoms with Crippen molar-refractivity contribution in [2.75, 3.05) is 6.54 Å². The minimum absolute atomic E-state index is 0.0962. The summed E-state index contributed by atoms with van der Waals surface area (Å²) < 4.78 is 13.2. The average molecular weight is 293 g/mol. The van der Waals surface area contributed by atoms with E-state index < -0.39 is 5.60 Å². The molecule has 1 amide bonds. The van der Waals surface area contributed by atoms with Crippen LogP contribution in [0.1, 0.15) is 28.4 Å². The Labute approximate surface area is 121 Å². The molecule has 5 heteroatoms. The van der Waals surface area contributed by atoms with E-state index in [1.165, 1.54) is 29.5 Å². The molecule has 1 atom stereocenters. The van der Waals surface area contributed by atoms with Crippen molar-refractivity contribution in [3.63, 3.8) is 0 Å². The SMILES string of the molecule is Cc1cc(C(=O)NCC(C)(O)c2ccsc2)ccc1F. The highest BCUT2D eigenvalue weighted by Crippen LogP contribution is 2.22. The van der Waals surface area contributed by atoms with E-state index in [2.05, 4.69) is 5.32 Å². The van der Waals surface area contributed by atoms with Crippen LogP contribution in [0.3, 0.4) is 0 Å². The molecule has 0 radical (unpaired) electrons. The van der Waals surface area contributed by atoms with Gasteiger partial charge in [0.1, 0.15) is 11.4 Å². The fourth-order valence-electron chi connectivity index (χ4n) is 1.81. The maximum Gasteiger partial charge on any atom is 0.251 e. The van der Waals surface area contributed by atoms with Crippen LogP contribution in [-0.2, 0) is 5.60 Å². The van der Waals surface area contributed by atoms with Crippen molar-refractivity contribution in [1.29, 1.82) is 0 Å². The third kappa shape index (κ3) is 3.23. The molecule has 20 heavy (non-hydrogen) atoms. The van der Waals surface area contributed by atoms with E-state index in [-0.39, 0.29) is 18.3 Å². The number of carbonyl (C=O) groups excluding carboxylic acids is 1. The van der Waals surface area contributed by atoms with E-state index in [9.17, 15) is 14.3 Å². The third-order valence-corrected chi connectivity index (χ3v) is 3.84. The Bertz CT molecular complexity index is 608. The van der Waals surface area contributed by atoms with E-state index in [0.29, 0.717) is 11.1 Å². The van der Waals surface area contributed by atoms with E-state index in [0.717, 1.165) is 5.56 Å². The van der Waals surface area contributed by atoms with Crippen LogP contribution in [0.2, 0.25) is 0 Å². The quantitative estimate of drug-likeness (QED) is 0.910. The van der Waals surface area contributed by atoms with Crippen molar-refractivity contribution in [2.45, 2.75) is 19.4 Å². The first-order chi connectivity index (χ1) is 9.40. The predicted molar refractivity (Wildman–Crippen MR) is 77.4 cm³/mol. The van der Waals surface area contributed by atoms with Gasteiger partial charge in [0.15, 0.2) is 0 Å². The van der Waals surface area contributed by atoms with Gasteiger partial charge in [-0.3, -0.25) is 4.79 Å². The van der Waals surface area contributed by atoms with E-state index in [1.807, 2.05) is 16.8 Å². The third-order valence-electron chi connectivity index (χ3n) is 3.16. The molecular weight excluding hydrogens is 277 g/mol. The zero-order valence-corrected chi connectivity index (χ0v) is 12.1. The van der Waals surface area contributed by atoms with Crippen molar-refractivity contribution in [3.8, 4) is 0 Å². The zero-order valence-electron chi connectivity index (χ0n) is 11.3. The van der Waals surface area contributed by atoms with Crippen LogP contribution >= 0.6 is 11.3 Å². The van der Waals surface area contributed by atoms with Gasteiger partial charge in [0.25, 0.3) is 5.91 Å². The second-order valence-electron chi connectivity index (χ2n) is 4.93. The molecule has 106 valence electrons. The summed E-state index contributed by atoms with van der Waals surface area (Å²) in [6, 6.07) is 6.00. The second-order valence-corrected chi connectivity index (χ2v) is 5.71. The Morgan fingerprint density at radius 2 is 2.20 bits per heavy atom. The number of aliphatic hydroxyl groups is 1. The first-order valence-corrected chi connectivity index (χ1v) is 7.14. The lowest BCUT2D eigenvalue weighted by atomic mass is 9.99. The molecule has 0 aliphatic carbocycles. The summed E-state index contributed by atoms with van der Waals surface area (Å²) in [6.07, 6.45) is 0. The molecule has 0 saturated carbocycles. The number of hydrogen-bond donors (Lipinski definition) is 2. The normalized spacial score (nSPS) is 13.8. The van der Waals surface area contributed by atoms with Crippen LogP contribution in [0.4, 0.5) is 4.39 Å². The maximum absolute atomic E-state index is 13.2. The van der Waals surface area contributed by atoms with Crippen LogP contribution in [-0.4, -0.2) is 17.6 Å². The van der Waals surface area contributed by atoms with Crippen molar-refractivity contribution >= 4 is 17.2 Å². The van der Waals surface area contributed by atoms with Gasteiger partial charge in [-0.2, -0.15) is 11.3 Å². The smallest absolute Gasteiger partial charge is 0.251 e. The molecule has 0 aliphatic heterocycles. The molecule has 0 bridgehead atoms. The van der Waals surface area contributed by atoms with Gasteiger partial charge in [0.05, 0.1) is 6.54 Å². The van der Waals surface area contributed by atoms with Crippen LogP contribution in [0, 0.1) is 12.7 Å². The standard InChI is InChI=1S/C15H16FNO2S/c1-10-7-11(3-4-13(10)16)14(18)17-9-15(2,19)12-5-6-20-8-12/h3-8,19H,9H2,1-2H3,(H,17,18). The van der Waals surface area contributed by atoms with Gasteiger partial charge in [0.2, 0.25) is 0 Å². The molecule has 0 fully saturated rings. The summed E-state index contributed by atoms with van der Waals surface area (Å²) in [6.45, 7) is 3.35. The minimum atomic E-state index is -1.12. The number of thiophene rings is 1. The molecule has 0 spiro atoms. The van der Waals surface area contributed by atoms with Crippen LogP contribution in [0.15, 0.2) is 35.0 Å². The Hall–Kier alpha value is -1.72. The number of hydrogen-bond acceptors (Lipinski definition) is 3. The van der Waals surface area contributed by atoms with Gasteiger partial charge < -0.3 is 10.4 Å². The average Bonchev–Trinajstić information content (AvgIpc) is 2.94. The Morgan fingerprint density at radius 1 is 1.45 bits per heavy atom. The molecule has 1 aromatic heterocycles. The molecular formula is C15H16FNO2S. The molecule has 2 aromatic rings. The van der Waals surface area contributed by atoms with Gasteiger partial charge in [-0.15, -0.1) is 0 Å². The van der Waals surface area contributed by atoms with Gasteiger partial charge in [-0.1, -0.05) is 0 Å². The molecule has 1 heterocycles. The Balaban J connectivity index is 2.03. The van der Waals surface area contributed by atoms with Crippen molar-refractivity contribution in [1.82, 2.24) is 5.32 Å². The summed E-state index contributed by atoms with van der Waals surface area (Å²) in [7, 11) is 0. The summed E-state index contributed by atoms with van der Waals surface area (Å²) in [5, 5.41) is 16.7. The highest BCUT2D eigenvalue weighted by Gasteiger charge is 2.24. The first kappa shape index (κ1) is 14.7. The van der Waals surface area contributed by atoms with E-state index in [1.54, 1.807) is 13.8 Å². The monoisotopic (exact) mass is 293 g/mol. The lowest BCUT2D eigenvalue weighted by Crippen LogP contribution is -2.38. The number of nitrogens with one attached hydrogen (secondary N) is 1. The van der Waals surface area contributed by atoms with Gasteiger partial charge in [0, 0.05) is 5.56 Å². The molecule has 2 N–H and O–H groups in total. The number of carbonyl (C=O) groups is 1. The van der Waals surface area contributed by atoms with Crippen molar-refractivity contribution < 1.29 is 14.3 Å². The van der Waals surface area contributed by atoms with Crippen molar-refractivity contribution in [2.24, 2.45) is 0 Å². The molecule has 1 aromatic carbocycles. The van der Waals surface area contributed by atoms with Crippen molar-refractivity contribution in [3.05, 3.63) is 57.5 Å². The topological polar surface area (TPSA) is 49.3 Å². The molecule has 0 aliphatic rings. The largest absolute Gasteiger partial charge is 0.384 e. The summed E-state index contributed by atoms with van der Waals surface area (Å²) in [5.74, 6) is -0.671. The predicted octanol–water partition coefficient (Wildman–Crippen LogP) is 2.83. The second kappa shape index (κ2) is 5.73. The Morgan fingerprint density at radius 3 is 2.80 bits per heavy atom. The fourth-order valence-corrected chi connectivity index (χ4v) is 2.60. The minimum Gasteiger partial charge on any atom is -0.384 e. The summed E-state index contributed by atoms with van der Waals surface area (Å²) >= 11 is 1.49. The van der Waals surface area contributed by atoms with Gasteiger partial charge >= 0.3 is 0 Å². The number of aryl methyl sites for hydroxylation is 1. The number of amides is 1. The summed E-state index contributed by atoms with van der Waals surface area (Å²) in [5.41, 5.74) is 0.440. The Kier molecular flexibility index (Phi) is 4.20. The molecule has 3 nitrogen and oxygen atoms in total. The maximum atomic E-state index is 13.2. The fraction of sp³-hybridized carbons (Fsp3) is 0.267. The summed E-state index contributed by atoms with van der Waals surface area (Å²) in [4.78, 5) is 12.0. The van der Waals surface area contributed by atoms with Crippen LogP contribution in [0.5, 0.6) is 0 Å². The van der Waals surface area contributed by atoms with Gasteiger partial charge in [-0.25, -0.2) is 4.39 Å². The number of rotatable bonds is 4. The van der Waals surface area contributed by atoms with E-state index >= 15 is 0 Å². The lowest BCUT2D eigenvalue weighted by molar-refractivity contribution is 0.0530. The van der Waals surface area contributed by atoms with Crippen LogP contribution in [0.25, 0.3) is 0 Å². The number of benzene rings is 1. The molecule has 0 saturated heterocycles. The molecule has 1 unspecified atom stereocenters. The van der Waals surface area contributed by atoms with Crippen LogP contribution < -0.4 is 5.32 Å². The van der Waals surface area contributed by atoms with Gasteiger partial charge in [-0.05, 0) is 60.0 Å². The highest BCUT2D eigenvalue weighted by molar-refractivity contribution is 7.08. The highest BCUT2D eigenvalue weighted by atomic mass is 32.1. The zero-order chi connectivity index (χ0) is 14.8. The number of halogens is 1. The first-order valence-electron chi connectivity index (χ1n) is 6.19. The molecule has 2 rings (SSSR count).